The van der Waals surface area contributed by atoms with E-state index in [1.54, 1.807) is 19.1 Å². The van der Waals surface area contributed by atoms with Crippen molar-refractivity contribution in [2.45, 2.75) is 20.3 Å². The summed E-state index contributed by atoms with van der Waals surface area (Å²) >= 11 is 3.09. The molecule has 2 N–H and O–H groups in total. The second kappa shape index (κ2) is 5.52. The minimum absolute atomic E-state index is 0.353. The predicted molar refractivity (Wildman–Crippen MR) is 74.7 cm³/mol. The van der Waals surface area contributed by atoms with Crippen molar-refractivity contribution in [3.05, 3.63) is 39.9 Å². The molecule has 100 valence electrons. The summed E-state index contributed by atoms with van der Waals surface area (Å²) in [7, 11) is 0. The van der Waals surface area contributed by atoms with Crippen molar-refractivity contribution in [1.29, 1.82) is 0 Å². The molecule has 0 saturated heterocycles. The quantitative estimate of drug-likeness (QED) is 0.936. The number of ether oxygens (including phenoxy) is 1. The van der Waals surface area contributed by atoms with Gasteiger partial charge < -0.3 is 10.5 Å². The van der Waals surface area contributed by atoms with Crippen LogP contribution in [0.2, 0.25) is 0 Å². The Morgan fingerprint density at radius 3 is 2.74 bits per heavy atom. The van der Waals surface area contributed by atoms with Gasteiger partial charge in [-0.1, -0.05) is 6.92 Å². The maximum absolute atomic E-state index is 13.4. The van der Waals surface area contributed by atoms with Gasteiger partial charge in [-0.3, -0.25) is 0 Å². The fourth-order valence-corrected chi connectivity index (χ4v) is 1.71. The Balaban J connectivity index is 2.37. The number of rotatable bonds is 3. The second-order valence-electron chi connectivity index (χ2n) is 3.99. The molecular weight excluding hydrogens is 313 g/mol. The highest BCUT2D eigenvalue weighted by atomic mass is 79.9. The van der Waals surface area contributed by atoms with Crippen LogP contribution in [0.4, 0.5) is 10.2 Å². The fourth-order valence-electron chi connectivity index (χ4n) is 1.47. The van der Waals surface area contributed by atoms with Gasteiger partial charge in [0.15, 0.2) is 0 Å². The van der Waals surface area contributed by atoms with E-state index in [1.807, 2.05) is 6.92 Å². The normalized spacial score (nSPS) is 10.5. The Kier molecular flexibility index (Phi) is 3.99. The molecule has 2 aromatic rings. The van der Waals surface area contributed by atoms with Crippen LogP contribution in [-0.4, -0.2) is 9.97 Å². The molecule has 0 radical (unpaired) electrons. The van der Waals surface area contributed by atoms with E-state index < -0.39 is 5.82 Å². The van der Waals surface area contributed by atoms with E-state index in [0.717, 1.165) is 0 Å². The van der Waals surface area contributed by atoms with Crippen LogP contribution in [0.5, 0.6) is 11.6 Å². The molecule has 0 saturated carbocycles. The first-order chi connectivity index (χ1) is 9.01. The lowest BCUT2D eigenvalue weighted by molar-refractivity contribution is 0.450. The van der Waals surface area contributed by atoms with E-state index in [9.17, 15) is 4.39 Å². The monoisotopic (exact) mass is 325 g/mol. The van der Waals surface area contributed by atoms with Crippen molar-refractivity contribution >= 4 is 21.7 Å². The molecule has 0 aliphatic heterocycles. The van der Waals surface area contributed by atoms with Crippen LogP contribution in [0.1, 0.15) is 18.3 Å². The number of aromatic nitrogens is 2. The Bertz CT molecular complexity index is 619. The molecule has 6 heteroatoms. The molecule has 1 aromatic carbocycles. The zero-order valence-electron chi connectivity index (χ0n) is 10.6. The summed E-state index contributed by atoms with van der Waals surface area (Å²) in [6.07, 6.45) is 0.648. The van der Waals surface area contributed by atoms with Gasteiger partial charge in [-0.15, -0.1) is 0 Å². The number of benzene rings is 1. The zero-order valence-corrected chi connectivity index (χ0v) is 12.2. The van der Waals surface area contributed by atoms with E-state index in [2.05, 4.69) is 25.9 Å². The molecule has 2 rings (SSSR count). The maximum atomic E-state index is 13.4. The summed E-state index contributed by atoms with van der Waals surface area (Å²) in [6.45, 7) is 3.69. The van der Waals surface area contributed by atoms with E-state index in [-0.39, 0.29) is 0 Å². The number of hydrogen-bond acceptors (Lipinski definition) is 4. The van der Waals surface area contributed by atoms with Crippen LogP contribution in [0.25, 0.3) is 0 Å². The van der Waals surface area contributed by atoms with Crippen molar-refractivity contribution in [2.24, 2.45) is 0 Å². The third-order valence-electron chi connectivity index (χ3n) is 2.61. The van der Waals surface area contributed by atoms with Crippen LogP contribution < -0.4 is 10.5 Å². The third kappa shape index (κ3) is 3.01. The number of anilines is 1. The van der Waals surface area contributed by atoms with Crippen molar-refractivity contribution in [3.8, 4) is 11.6 Å². The highest BCUT2D eigenvalue weighted by molar-refractivity contribution is 9.10. The Hall–Kier alpha value is -1.69. The first-order valence-corrected chi connectivity index (χ1v) is 6.56. The molecular formula is C13H13BrFN3O. The smallest absolute Gasteiger partial charge is 0.227 e. The van der Waals surface area contributed by atoms with Crippen LogP contribution in [0.3, 0.4) is 0 Å². The molecule has 0 atom stereocenters. The standard InChI is InChI=1S/C13H13BrFN3O/c1-3-11-17-12(16)7(2)13(18-11)19-8-4-5-9(14)10(15)6-8/h4-6H,3H2,1-2H3,(H2,16,17,18). The van der Waals surface area contributed by atoms with Gasteiger partial charge in [-0.05, 0) is 35.0 Å². The Morgan fingerprint density at radius 1 is 1.37 bits per heavy atom. The largest absolute Gasteiger partial charge is 0.438 e. The highest BCUT2D eigenvalue weighted by Crippen LogP contribution is 2.28. The minimum Gasteiger partial charge on any atom is -0.438 e. The highest BCUT2D eigenvalue weighted by Gasteiger charge is 2.11. The number of hydrogen-bond donors (Lipinski definition) is 1. The second-order valence-corrected chi connectivity index (χ2v) is 4.84. The van der Waals surface area contributed by atoms with Gasteiger partial charge in [0, 0.05) is 12.5 Å². The molecule has 4 nitrogen and oxygen atoms in total. The van der Waals surface area contributed by atoms with Gasteiger partial charge in [0.25, 0.3) is 0 Å². The van der Waals surface area contributed by atoms with E-state index >= 15 is 0 Å². The van der Waals surface area contributed by atoms with Gasteiger partial charge in [0.2, 0.25) is 5.88 Å². The fraction of sp³-hybridized carbons (Fsp3) is 0.231. The number of aryl methyl sites for hydroxylation is 1. The molecule has 0 amide bonds. The van der Waals surface area contributed by atoms with E-state index in [4.69, 9.17) is 10.5 Å². The van der Waals surface area contributed by atoms with Crippen molar-refractivity contribution in [3.63, 3.8) is 0 Å². The molecule has 19 heavy (non-hydrogen) atoms. The average molecular weight is 326 g/mol. The summed E-state index contributed by atoms with van der Waals surface area (Å²) in [5.41, 5.74) is 6.43. The predicted octanol–water partition coefficient (Wildman–Crippen LogP) is 3.62. The van der Waals surface area contributed by atoms with Crippen LogP contribution >= 0.6 is 15.9 Å². The number of nitrogens with zero attached hydrogens (tertiary/aromatic N) is 2. The first kappa shape index (κ1) is 13.7. The molecule has 0 aliphatic rings. The number of nitrogens with two attached hydrogens (primary N) is 1. The van der Waals surface area contributed by atoms with Crippen LogP contribution in [-0.2, 0) is 6.42 Å². The average Bonchev–Trinajstić information content (AvgIpc) is 2.39. The Labute approximate surface area is 119 Å². The summed E-state index contributed by atoms with van der Waals surface area (Å²) in [5.74, 6) is 1.29. The molecule has 1 heterocycles. The van der Waals surface area contributed by atoms with Crippen LogP contribution in [0, 0.1) is 12.7 Å². The summed E-state index contributed by atoms with van der Waals surface area (Å²) < 4.78 is 19.4. The molecule has 0 bridgehead atoms. The minimum atomic E-state index is -0.395. The molecule has 1 aromatic heterocycles. The summed E-state index contributed by atoms with van der Waals surface area (Å²) in [5, 5.41) is 0. The summed E-state index contributed by atoms with van der Waals surface area (Å²) in [4.78, 5) is 8.38. The Morgan fingerprint density at radius 2 is 2.11 bits per heavy atom. The molecule has 0 fully saturated rings. The van der Waals surface area contributed by atoms with Crippen molar-refractivity contribution in [2.75, 3.05) is 5.73 Å². The van der Waals surface area contributed by atoms with Gasteiger partial charge >= 0.3 is 0 Å². The lowest BCUT2D eigenvalue weighted by Gasteiger charge is -2.10. The molecule has 0 unspecified atom stereocenters. The topological polar surface area (TPSA) is 61.0 Å². The SMILES string of the molecule is CCc1nc(N)c(C)c(Oc2ccc(Br)c(F)c2)n1. The molecule has 0 spiro atoms. The number of halogens is 2. The van der Waals surface area contributed by atoms with Gasteiger partial charge in [-0.25, -0.2) is 9.37 Å². The van der Waals surface area contributed by atoms with Crippen LogP contribution in [0.15, 0.2) is 22.7 Å². The zero-order chi connectivity index (χ0) is 14.0. The summed E-state index contributed by atoms with van der Waals surface area (Å²) in [6, 6.07) is 4.51. The van der Waals surface area contributed by atoms with Gasteiger partial charge in [0.05, 0.1) is 10.0 Å². The van der Waals surface area contributed by atoms with Crippen molar-refractivity contribution in [1.82, 2.24) is 9.97 Å². The lowest BCUT2D eigenvalue weighted by atomic mass is 10.3. The number of nitrogen functional groups attached to an aromatic ring is 1. The van der Waals surface area contributed by atoms with E-state index in [0.29, 0.717) is 39.7 Å². The van der Waals surface area contributed by atoms with Gasteiger partial charge in [0.1, 0.15) is 23.2 Å². The van der Waals surface area contributed by atoms with Gasteiger partial charge in [-0.2, -0.15) is 4.98 Å². The molecule has 0 aliphatic carbocycles. The van der Waals surface area contributed by atoms with E-state index in [1.165, 1.54) is 6.07 Å². The lowest BCUT2D eigenvalue weighted by Crippen LogP contribution is -2.04. The first-order valence-electron chi connectivity index (χ1n) is 5.77. The van der Waals surface area contributed by atoms with Crippen molar-refractivity contribution < 1.29 is 9.13 Å². The third-order valence-corrected chi connectivity index (χ3v) is 3.25. The maximum Gasteiger partial charge on any atom is 0.227 e.